The lowest BCUT2D eigenvalue weighted by Gasteiger charge is -2.28. The first kappa shape index (κ1) is 12.5. The van der Waals surface area contributed by atoms with Gasteiger partial charge in [0.15, 0.2) is 0 Å². The van der Waals surface area contributed by atoms with Gasteiger partial charge in [0.05, 0.1) is 5.92 Å². The van der Waals surface area contributed by atoms with Crippen LogP contribution in [0.1, 0.15) is 57.8 Å². The minimum absolute atomic E-state index is 0.00648. The van der Waals surface area contributed by atoms with Crippen LogP contribution in [-0.4, -0.2) is 18.1 Å². The van der Waals surface area contributed by atoms with E-state index in [2.05, 4.69) is 0 Å². The minimum atomic E-state index is 0.00648. The van der Waals surface area contributed by atoms with Crippen LogP contribution in [0.4, 0.5) is 0 Å². The fourth-order valence-electron chi connectivity index (χ4n) is 4.29. The molecule has 0 aromatic heterocycles. The molecule has 2 N–H and O–H groups in total. The van der Waals surface area contributed by atoms with Gasteiger partial charge in [-0.2, -0.15) is 0 Å². The number of esters is 1. The lowest BCUT2D eigenvalue weighted by Crippen LogP contribution is -2.42. The van der Waals surface area contributed by atoms with Crippen LogP contribution in [-0.2, 0) is 9.53 Å². The Hall–Kier alpha value is -0.570. The summed E-state index contributed by atoms with van der Waals surface area (Å²) in [5.74, 6) is 1.12. The van der Waals surface area contributed by atoms with E-state index in [-0.39, 0.29) is 24.0 Å². The van der Waals surface area contributed by atoms with E-state index in [9.17, 15) is 4.79 Å². The lowest BCUT2D eigenvalue weighted by atomic mass is 9.85. The summed E-state index contributed by atoms with van der Waals surface area (Å²) in [6, 6.07) is 0.0713. The predicted molar refractivity (Wildman–Crippen MR) is 69.9 cm³/mol. The maximum absolute atomic E-state index is 12.3. The van der Waals surface area contributed by atoms with Crippen molar-refractivity contribution in [1.29, 1.82) is 0 Å². The highest BCUT2D eigenvalue weighted by atomic mass is 16.5. The second-order valence-electron chi connectivity index (χ2n) is 6.49. The summed E-state index contributed by atoms with van der Waals surface area (Å²) in [4.78, 5) is 12.3. The molecule has 18 heavy (non-hydrogen) atoms. The number of rotatable bonds is 2. The zero-order chi connectivity index (χ0) is 12.5. The summed E-state index contributed by atoms with van der Waals surface area (Å²) in [5.41, 5.74) is 6.20. The summed E-state index contributed by atoms with van der Waals surface area (Å²) >= 11 is 0. The molecule has 0 aromatic rings. The molecule has 3 fully saturated rings. The quantitative estimate of drug-likeness (QED) is 0.606. The fraction of sp³-hybridized carbons (Fsp3) is 0.933. The van der Waals surface area contributed by atoms with Crippen molar-refractivity contribution in [3.63, 3.8) is 0 Å². The molecule has 102 valence electrons. The summed E-state index contributed by atoms with van der Waals surface area (Å²) in [7, 11) is 0. The molecule has 3 heteroatoms. The molecule has 0 aromatic carbocycles. The van der Waals surface area contributed by atoms with Crippen molar-refractivity contribution in [2.24, 2.45) is 23.5 Å². The van der Waals surface area contributed by atoms with Crippen molar-refractivity contribution in [2.75, 3.05) is 0 Å². The van der Waals surface area contributed by atoms with Crippen LogP contribution in [0.25, 0.3) is 0 Å². The van der Waals surface area contributed by atoms with Crippen LogP contribution in [0.2, 0.25) is 0 Å². The van der Waals surface area contributed by atoms with Crippen LogP contribution in [0.5, 0.6) is 0 Å². The van der Waals surface area contributed by atoms with E-state index in [1.165, 1.54) is 38.5 Å². The topological polar surface area (TPSA) is 52.3 Å². The van der Waals surface area contributed by atoms with Gasteiger partial charge in [-0.15, -0.1) is 0 Å². The Morgan fingerprint density at radius 2 is 1.61 bits per heavy atom. The fourth-order valence-corrected chi connectivity index (χ4v) is 4.29. The molecule has 2 bridgehead atoms. The third kappa shape index (κ3) is 2.29. The molecule has 0 heterocycles. The average Bonchev–Trinajstić information content (AvgIpc) is 2.83. The molecule has 3 aliphatic carbocycles. The Labute approximate surface area is 109 Å². The van der Waals surface area contributed by atoms with Gasteiger partial charge in [0, 0.05) is 6.04 Å². The molecule has 3 nitrogen and oxygen atoms in total. The van der Waals surface area contributed by atoms with Gasteiger partial charge in [-0.3, -0.25) is 4.79 Å². The van der Waals surface area contributed by atoms with Crippen molar-refractivity contribution < 1.29 is 9.53 Å². The molecule has 0 aliphatic heterocycles. The maximum Gasteiger partial charge on any atom is 0.311 e. The van der Waals surface area contributed by atoms with E-state index < -0.39 is 0 Å². The van der Waals surface area contributed by atoms with Crippen LogP contribution < -0.4 is 5.73 Å². The van der Waals surface area contributed by atoms with Gasteiger partial charge in [0.1, 0.15) is 6.10 Å². The molecule has 0 amide bonds. The molecule has 3 aliphatic rings. The van der Waals surface area contributed by atoms with Crippen LogP contribution in [0.3, 0.4) is 0 Å². The summed E-state index contributed by atoms with van der Waals surface area (Å²) < 4.78 is 5.76. The van der Waals surface area contributed by atoms with Gasteiger partial charge in [-0.1, -0.05) is 12.8 Å². The summed E-state index contributed by atoms with van der Waals surface area (Å²) in [5, 5.41) is 0. The Morgan fingerprint density at radius 1 is 0.944 bits per heavy atom. The standard InChI is InChI=1S/C15H25NO2/c16-14-11-8-7-10(9-11)13(14)15(17)18-12-5-3-1-2-4-6-12/h10-14H,1-9,16H2. The number of fused-ring (bicyclic) bond motifs is 2. The number of hydrogen-bond donors (Lipinski definition) is 1. The van der Waals surface area contributed by atoms with Crippen molar-refractivity contribution >= 4 is 5.97 Å². The second kappa shape index (κ2) is 5.20. The summed E-state index contributed by atoms with van der Waals surface area (Å²) in [6.45, 7) is 0. The van der Waals surface area contributed by atoms with E-state index in [1.807, 2.05) is 0 Å². The molecule has 0 radical (unpaired) electrons. The zero-order valence-electron chi connectivity index (χ0n) is 11.1. The highest BCUT2D eigenvalue weighted by Gasteiger charge is 2.50. The SMILES string of the molecule is NC1C2CCC(C2)C1C(=O)OC1CCCCCC1. The van der Waals surface area contributed by atoms with Crippen molar-refractivity contribution in [3.05, 3.63) is 0 Å². The molecular formula is C15H25NO2. The zero-order valence-corrected chi connectivity index (χ0v) is 11.1. The number of nitrogens with two attached hydrogens (primary N) is 1. The molecule has 0 saturated heterocycles. The van der Waals surface area contributed by atoms with Gasteiger partial charge < -0.3 is 10.5 Å². The van der Waals surface area contributed by atoms with Crippen molar-refractivity contribution in [3.8, 4) is 0 Å². The Morgan fingerprint density at radius 3 is 2.22 bits per heavy atom. The van der Waals surface area contributed by atoms with Crippen molar-refractivity contribution in [2.45, 2.75) is 69.9 Å². The van der Waals surface area contributed by atoms with Crippen LogP contribution >= 0.6 is 0 Å². The largest absolute Gasteiger partial charge is 0.462 e. The number of ether oxygens (including phenoxy) is 1. The maximum atomic E-state index is 12.3. The van der Waals surface area contributed by atoms with Gasteiger partial charge in [-0.05, 0) is 56.8 Å². The van der Waals surface area contributed by atoms with Gasteiger partial charge in [-0.25, -0.2) is 0 Å². The van der Waals surface area contributed by atoms with E-state index in [4.69, 9.17) is 10.5 Å². The first-order chi connectivity index (χ1) is 8.75. The van der Waals surface area contributed by atoms with E-state index in [0.717, 1.165) is 19.3 Å². The number of carbonyl (C=O) groups is 1. The van der Waals surface area contributed by atoms with Crippen LogP contribution in [0, 0.1) is 17.8 Å². The monoisotopic (exact) mass is 251 g/mol. The van der Waals surface area contributed by atoms with E-state index in [1.54, 1.807) is 0 Å². The molecular weight excluding hydrogens is 226 g/mol. The normalized spacial score (nSPS) is 40.7. The van der Waals surface area contributed by atoms with Gasteiger partial charge >= 0.3 is 5.97 Å². The summed E-state index contributed by atoms with van der Waals surface area (Å²) in [6.07, 6.45) is 10.9. The molecule has 3 saturated carbocycles. The average molecular weight is 251 g/mol. The first-order valence-corrected chi connectivity index (χ1v) is 7.72. The lowest BCUT2D eigenvalue weighted by molar-refractivity contribution is -0.157. The van der Waals surface area contributed by atoms with Crippen molar-refractivity contribution in [1.82, 2.24) is 0 Å². The molecule has 0 spiro atoms. The number of hydrogen-bond acceptors (Lipinski definition) is 3. The van der Waals surface area contributed by atoms with E-state index >= 15 is 0 Å². The highest BCUT2D eigenvalue weighted by molar-refractivity contribution is 5.74. The number of carbonyl (C=O) groups excluding carboxylic acids is 1. The Balaban J connectivity index is 1.57. The third-order valence-corrected chi connectivity index (χ3v) is 5.34. The first-order valence-electron chi connectivity index (χ1n) is 7.72. The second-order valence-corrected chi connectivity index (χ2v) is 6.49. The highest BCUT2D eigenvalue weighted by Crippen LogP contribution is 2.48. The molecule has 4 unspecified atom stereocenters. The van der Waals surface area contributed by atoms with Gasteiger partial charge in [0.25, 0.3) is 0 Å². The van der Waals surface area contributed by atoms with Gasteiger partial charge in [0.2, 0.25) is 0 Å². The molecule has 4 atom stereocenters. The predicted octanol–water partition coefficient (Wildman–Crippen LogP) is 2.63. The molecule has 3 rings (SSSR count). The van der Waals surface area contributed by atoms with Crippen LogP contribution in [0.15, 0.2) is 0 Å². The Bertz CT molecular complexity index is 308. The van der Waals surface area contributed by atoms with E-state index in [0.29, 0.717) is 11.8 Å². The minimum Gasteiger partial charge on any atom is -0.462 e. The Kier molecular flexibility index (Phi) is 3.60. The smallest absolute Gasteiger partial charge is 0.311 e. The third-order valence-electron chi connectivity index (χ3n) is 5.34.